The van der Waals surface area contributed by atoms with E-state index < -0.39 is 0 Å². The van der Waals surface area contributed by atoms with Gasteiger partial charge in [-0.15, -0.1) is 0 Å². The third-order valence-corrected chi connectivity index (χ3v) is 4.62. The number of likely N-dealkylation sites (N-methyl/N-ethyl adjacent to an activating group) is 1. The maximum Gasteiger partial charge on any atom is 0.0621 e. The zero-order valence-electron chi connectivity index (χ0n) is 13.8. The minimum absolute atomic E-state index is 0.294. The normalized spacial score (nSPS) is 20.9. The first-order valence-electron chi connectivity index (χ1n) is 8.84. The summed E-state index contributed by atoms with van der Waals surface area (Å²) in [6.07, 6.45) is 14.4. The van der Waals surface area contributed by atoms with Crippen molar-refractivity contribution in [1.29, 1.82) is 0 Å². The van der Waals surface area contributed by atoms with Crippen molar-refractivity contribution in [2.24, 2.45) is 0 Å². The third-order valence-electron chi connectivity index (χ3n) is 4.62. The Morgan fingerprint density at radius 3 is 2.10 bits per heavy atom. The summed E-state index contributed by atoms with van der Waals surface area (Å²) >= 11 is 0. The van der Waals surface area contributed by atoms with E-state index in [1.165, 1.54) is 64.2 Å². The smallest absolute Gasteiger partial charge is 0.0621 e. The molecule has 0 spiro atoms. The molecule has 0 bridgehead atoms. The van der Waals surface area contributed by atoms with Gasteiger partial charge in [-0.05, 0) is 13.5 Å². The number of hydrogen-bond acceptors (Lipinski definition) is 3. The average Bonchev–Trinajstić information content (AvgIpc) is 2.79. The molecule has 3 nitrogen and oxygen atoms in total. The predicted molar refractivity (Wildman–Crippen MR) is 86.9 cm³/mol. The molecule has 0 radical (unpaired) electrons. The van der Waals surface area contributed by atoms with Crippen LogP contribution >= 0.6 is 0 Å². The van der Waals surface area contributed by atoms with Crippen molar-refractivity contribution in [2.75, 3.05) is 33.3 Å². The summed E-state index contributed by atoms with van der Waals surface area (Å²) in [4.78, 5) is 4.88. The summed E-state index contributed by atoms with van der Waals surface area (Å²) in [7, 11) is 2.22. The number of rotatable bonds is 12. The van der Waals surface area contributed by atoms with Crippen LogP contribution in [0, 0.1) is 0 Å². The van der Waals surface area contributed by atoms with Crippen LogP contribution in [0.2, 0.25) is 0 Å². The van der Waals surface area contributed by atoms with Crippen molar-refractivity contribution in [1.82, 2.24) is 9.80 Å². The van der Waals surface area contributed by atoms with Crippen LogP contribution in [-0.4, -0.2) is 54.4 Å². The predicted octanol–water partition coefficient (Wildman–Crippen LogP) is 3.47. The maximum absolute atomic E-state index is 9.10. The van der Waals surface area contributed by atoms with Gasteiger partial charge >= 0.3 is 0 Å². The Labute approximate surface area is 126 Å². The van der Waals surface area contributed by atoms with Crippen LogP contribution in [0.1, 0.15) is 71.1 Å². The quantitative estimate of drug-likeness (QED) is 0.556. The Balaban J connectivity index is 1.97. The van der Waals surface area contributed by atoms with Gasteiger partial charge in [-0.1, -0.05) is 64.7 Å². The number of aliphatic hydroxyl groups excluding tert-OH is 1. The molecule has 0 aromatic rings. The molecule has 1 unspecified atom stereocenters. The summed E-state index contributed by atoms with van der Waals surface area (Å²) in [5.41, 5.74) is 0. The van der Waals surface area contributed by atoms with Crippen LogP contribution in [0.25, 0.3) is 0 Å². The van der Waals surface area contributed by atoms with Crippen LogP contribution in [-0.2, 0) is 0 Å². The van der Waals surface area contributed by atoms with Crippen LogP contribution in [0.5, 0.6) is 0 Å². The zero-order chi connectivity index (χ0) is 14.6. The first kappa shape index (κ1) is 17.9. The van der Waals surface area contributed by atoms with Crippen molar-refractivity contribution >= 4 is 0 Å². The zero-order valence-corrected chi connectivity index (χ0v) is 13.8. The number of aliphatic hydroxyl groups is 1. The molecular weight excluding hydrogens is 248 g/mol. The molecule has 0 aromatic carbocycles. The second kappa shape index (κ2) is 11.5. The molecule has 1 fully saturated rings. The van der Waals surface area contributed by atoms with Gasteiger partial charge in [-0.3, -0.25) is 9.80 Å². The SMILES string of the molecule is CCCCCCCCCCCC1N(C)CCN1CCO. The fraction of sp³-hybridized carbons (Fsp3) is 1.00. The van der Waals surface area contributed by atoms with Gasteiger partial charge in [0.2, 0.25) is 0 Å². The molecule has 1 heterocycles. The lowest BCUT2D eigenvalue weighted by atomic mass is 10.1. The molecule has 1 aliphatic rings. The van der Waals surface area contributed by atoms with E-state index in [9.17, 15) is 0 Å². The van der Waals surface area contributed by atoms with E-state index in [2.05, 4.69) is 23.8 Å². The molecule has 1 atom stereocenters. The summed E-state index contributed by atoms with van der Waals surface area (Å²) in [6, 6.07) is 0. The van der Waals surface area contributed by atoms with Crippen molar-refractivity contribution in [3.05, 3.63) is 0 Å². The second-order valence-electron chi connectivity index (χ2n) is 6.34. The molecular formula is C17H36N2O. The molecule has 1 aliphatic heterocycles. The lowest BCUT2D eigenvalue weighted by Crippen LogP contribution is -2.38. The van der Waals surface area contributed by atoms with Gasteiger partial charge in [-0.25, -0.2) is 0 Å². The van der Waals surface area contributed by atoms with Crippen molar-refractivity contribution < 1.29 is 5.11 Å². The Kier molecular flexibility index (Phi) is 10.3. The van der Waals surface area contributed by atoms with Crippen molar-refractivity contribution in [3.63, 3.8) is 0 Å². The van der Waals surface area contributed by atoms with E-state index in [0.29, 0.717) is 12.8 Å². The summed E-state index contributed by atoms with van der Waals surface area (Å²) in [6.45, 7) is 5.69. The van der Waals surface area contributed by atoms with Gasteiger partial charge in [-0.2, -0.15) is 0 Å². The highest BCUT2D eigenvalue weighted by Gasteiger charge is 2.27. The molecule has 3 heteroatoms. The molecule has 1 N–H and O–H groups in total. The van der Waals surface area contributed by atoms with Gasteiger partial charge in [0.15, 0.2) is 0 Å². The van der Waals surface area contributed by atoms with Crippen LogP contribution in [0.3, 0.4) is 0 Å². The monoisotopic (exact) mass is 284 g/mol. The van der Waals surface area contributed by atoms with Gasteiger partial charge < -0.3 is 5.11 Å². The second-order valence-corrected chi connectivity index (χ2v) is 6.34. The molecule has 0 amide bonds. The number of unbranched alkanes of at least 4 members (excludes halogenated alkanes) is 8. The number of nitrogens with zero attached hydrogens (tertiary/aromatic N) is 2. The minimum atomic E-state index is 0.294. The van der Waals surface area contributed by atoms with E-state index in [1.807, 2.05) is 0 Å². The molecule has 0 aromatic heterocycles. The Bertz CT molecular complexity index is 221. The minimum Gasteiger partial charge on any atom is -0.395 e. The lowest BCUT2D eigenvalue weighted by molar-refractivity contribution is 0.120. The van der Waals surface area contributed by atoms with Crippen LogP contribution in [0.15, 0.2) is 0 Å². The fourth-order valence-electron chi connectivity index (χ4n) is 3.29. The Morgan fingerprint density at radius 1 is 0.900 bits per heavy atom. The molecule has 20 heavy (non-hydrogen) atoms. The average molecular weight is 284 g/mol. The van der Waals surface area contributed by atoms with Gasteiger partial charge in [0.05, 0.1) is 12.8 Å². The summed E-state index contributed by atoms with van der Waals surface area (Å²) in [5.74, 6) is 0. The highest BCUT2D eigenvalue weighted by atomic mass is 16.3. The lowest BCUT2D eigenvalue weighted by Gasteiger charge is -2.27. The van der Waals surface area contributed by atoms with Crippen molar-refractivity contribution in [3.8, 4) is 0 Å². The topological polar surface area (TPSA) is 26.7 Å². The van der Waals surface area contributed by atoms with Gasteiger partial charge in [0, 0.05) is 19.6 Å². The first-order chi connectivity index (χ1) is 9.79. The number of hydrogen-bond donors (Lipinski definition) is 1. The van der Waals surface area contributed by atoms with E-state index >= 15 is 0 Å². The molecule has 0 aliphatic carbocycles. The molecule has 1 rings (SSSR count). The van der Waals surface area contributed by atoms with E-state index in [0.717, 1.165) is 19.6 Å². The van der Waals surface area contributed by atoms with Gasteiger partial charge in [0.25, 0.3) is 0 Å². The van der Waals surface area contributed by atoms with Gasteiger partial charge in [0.1, 0.15) is 0 Å². The summed E-state index contributed by atoms with van der Waals surface area (Å²) < 4.78 is 0. The van der Waals surface area contributed by atoms with E-state index in [4.69, 9.17) is 5.11 Å². The highest BCUT2D eigenvalue weighted by molar-refractivity contribution is 4.79. The Morgan fingerprint density at radius 2 is 1.50 bits per heavy atom. The van der Waals surface area contributed by atoms with Crippen LogP contribution < -0.4 is 0 Å². The van der Waals surface area contributed by atoms with E-state index in [-0.39, 0.29) is 0 Å². The fourth-order valence-corrected chi connectivity index (χ4v) is 3.29. The van der Waals surface area contributed by atoms with Crippen LogP contribution in [0.4, 0.5) is 0 Å². The first-order valence-corrected chi connectivity index (χ1v) is 8.84. The highest BCUT2D eigenvalue weighted by Crippen LogP contribution is 2.19. The standard InChI is InChI=1S/C17H36N2O/c1-3-4-5-6-7-8-9-10-11-12-17-18(2)13-14-19(17)15-16-20/h17,20H,3-16H2,1-2H3. The third kappa shape index (κ3) is 7.05. The molecule has 0 saturated carbocycles. The van der Waals surface area contributed by atoms with Crippen molar-refractivity contribution in [2.45, 2.75) is 77.3 Å². The largest absolute Gasteiger partial charge is 0.395 e. The molecule has 120 valence electrons. The number of β-amino-alcohol motifs (C(OH)–C–C–N with tert-alkyl or cyclic N) is 1. The molecule has 1 saturated heterocycles. The summed E-state index contributed by atoms with van der Waals surface area (Å²) in [5, 5.41) is 9.10. The Hall–Kier alpha value is -0.120. The van der Waals surface area contributed by atoms with E-state index in [1.54, 1.807) is 0 Å². The maximum atomic E-state index is 9.10.